The first-order valence-corrected chi connectivity index (χ1v) is 10.2. The molecule has 7 heteroatoms. The molecular weight excluding hydrogens is 448 g/mol. The number of carbonyl (C=O) groups is 1. The van der Waals surface area contributed by atoms with Crippen LogP contribution in [0.2, 0.25) is 0 Å². The lowest BCUT2D eigenvalue weighted by Crippen LogP contribution is -2.26. The number of benzene rings is 2. The second-order valence-electron chi connectivity index (χ2n) is 7.04. The van der Waals surface area contributed by atoms with Gasteiger partial charge in [0.05, 0.1) is 26.0 Å². The van der Waals surface area contributed by atoms with Gasteiger partial charge in [-0.25, -0.2) is 5.01 Å². The Morgan fingerprint density at radius 2 is 1.83 bits per heavy atom. The van der Waals surface area contributed by atoms with Crippen LogP contribution in [0.5, 0.6) is 11.5 Å². The van der Waals surface area contributed by atoms with Gasteiger partial charge in [0.2, 0.25) is 0 Å². The first-order valence-electron chi connectivity index (χ1n) is 9.45. The summed E-state index contributed by atoms with van der Waals surface area (Å²) in [7, 11) is 3.20. The normalized spacial score (nSPS) is 15.8. The molecule has 0 saturated heterocycles. The molecule has 0 N–H and O–H groups in total. The lowest BCUT2D eigenvalue weighted by atomic mass is 9.97. The van der Waals surface area contributed by atoms with Crippen molar-refractivity contribution in [2.45, 2.75) is 19.4 Å². The molecule has 1 atom stereocenters. The third-order valence-corrected chi connectivity index (χ3v) is 5.44. The van der Waals surface area contributed by atoms with E-state index in [1.807, 2.05) is 37.3 Å². The Hall–Kier alpha value is -3.06. The van der Waals surface area contributed by atoms with Crippen LogP contribution in [0.3, 0.4) is 0 Å². The van der Waals surface area contributed by atoms with Crippen LogP contribution in [0.25, 0.3) is 0 Å². The summed E-state index contributed by atoms with van der Waals surface area (Å²) < 4.78 is 16.8. The number of hydrogen-bond acceptors (Lipinski definition) is 5. The Morgan fingerprint density at radius 3 is 2.43 bits per heavy atom. The van der Waals surface area contributed by atoms with Crippen LogP contribution >= 0.6 is 15.9 Å². The molecule has 0 saturated carbocycles. The third kappa shape index (κ3) is 3.98. The smallest absolute Gasteiger partial charge is 0.310 e. The molecule has 1 aliphatic heterocycles. The summed E-state index contributed by atoms with van der Waals surface area (Å²) in [5.41, 5.74) is 3.83. The summed E-state index contributed by atoms with van der Waals surface area (Å²) in [6.07, 6.45) is 0.563. The van der Waals surface area contributed by atoms with Crippen molar-refractivity contribution in [1.29, 1.82) is 0 Å². The Balaban J connectivity index is 1.77. The monoisotopic (exact) mass is 468 g/mol. The molecule has 2 heterocycles. The molecule has 4 rings (SSSR count). The number of hydrazone groups is 1. The van der Waals surface area contributed by atoms with Crippen molar-refractivity contribution < 1.29 is 18.7 Å². The summed E-state index contributed by atoms with van der Waals surface area (Å²) in [5, 5.41) is 6.18. The van der Waals surface area contributed by atoms with E-state index < -0.39 is 0 Å². The number of nitrogens with zero attached hydrogens (tertiary/aromatic N) is 2. The molecule has 0 bridgehead atoms. The summed E-state index contributed by atoms with van der Waals surface area (Å²) in [5.74, 6) is 1.22. The SMILES string of the molecule is COc1cc(OC)cc(C2CC(c3cccc(C)c3)=NN2C(=O)c2ccc(Br)o2)c1. The number of halogens is 1. The molecule has 1 aliphatic rings. The van der Waals surface area contributed by atoms with Crippen molar-refractivity contribution in [2.75, 3.05) is 14.2 Å². The van der Waals surface area contributed by atoms with E-state index in [0.717, 1.165) is 22.4 Å². The number of ether oxygens (including phenoxy) is 2. The van der Waals surface area contributed by atoms with E-state index in [4.69, 9.17) is 19.0 Å². The first kappa shape index (κ1) is 20.2. The van der Waals surface area contributed by atoms with Crippen LogP contribution in [0.1, 0.15) is 39.7 Å². The number of amides is 1. The van der Waals surface area contributed by atoms with E-state index in [-0.39, 0.29) is 17.7 Å². The van der Waals surface area contributed by atoms with Crippen LogP contribution in [0.4, 0.5) is 0 Å². The fourth-order valence-electron chi connectivity index (χ4n) is 3.52. The number of aryl methyl sites for hydroxylation is 1. The molecule has 0 spiro atoms. The molecule has 6 nitrogen and oxygen atoms in total. The highest BCUT2D eigenvalue weighted by Gasteiger charge is 2.35. The van der Waals surface area contributed by atoms with Crippen molar-refractivity contribution in [3.63, 3.8) is 0 Å². The maximum absolute atomic E-state index is 13.2. The lowest BCUT2D eigenvalue weighted by molar-refractivity contribution is 0.0676. The van der Waals surface area contributed by atoms with Gasteiger partial charge >= 0.3 is 5.91 Å². The highest BCUT2D eigenvalue weighted by molar-refractivity contribution is 9.10. The average molecular weight is 469 g/mol. The largest absolute Gasteiger partial charge is 0.497 e. The van der Waals surface area contributed by atoms with Crippen LogP contribution < -0.4 is 9.47 Å². The highest BCUT2D eigenvalue weighted by Crippen LogP contribution is 2.37. The molecule has 2 aromatic carbocycles. The zero-order valence-electron chi connectivity index (χ0n) is 16.9. The second-order valence-corrected chi connectivity index (χ2v) is 7.82. The van der Waals surface area contributed by atoms with Crippen molar-refractivity contribution in [1.82, 2.24) is 5.01 Å². The van der Waals surface area contributed by atoms with Gasteiger partial charge in [-0.2, -0.15) is 5.10 Å². The van der Waals surface area contributed by atoms with Crippen LogP contribution in [-0.4, -0.2) is 30.8 Å². The zero-order valence-corrected chi connectivity index (χ0v) is 18.5. The van der Waals surface area contributed by atoms with Crippen molar-refractivity contribution in [2.24, 2.45) is 5.10 Å². The third-order valence-electron chi connectivity index (χ3n) is 5.01. The fourth-order valence-corrected chi connectivity index (χ4v) is 3.83. The van der Waals surface area contributed by atoms with E-state index in [0.29, 0.717) is 22.6 Å². The Labute approximate surface area is 183 Å². The van der Waals surface area contributed by atoms with Gasteiger partial charge in [-0.1, -0.05) is 29.8 Å². The van der Waals surface area contributed by atoms with Gasteiger partial charge in [0.15, 0.2) is 10.4 Å². The molecule has 1 aromatic heterocycles. The maximum atomic E-state index is 13.2. The van der Waals surface area contributed by atoms with Gasteiger partial charge in [0.25, 0.3) is 0 Å². The first-order chi connectivity index (χ1) is 14.5. The summed E-state index contributed by atoms with van der Waals surface area (Å²) >= 11 is 3.26. The minimum atomic E-state index is -0.319. The van der Waals surface area contributed by atoms with E-state index in [1.165, 1.54) is 5.01 Å². The Bertz CT molecular complexity index is 1100. The molecular formula is C23H21BrN2O4. The zero-order chi connectivity index (χ0) is 21.3. The van der Waals surface area contributed by atoms with Gasteiger partial charge in [-0.05, 0) is 58.2 Å². The highest BCUT2D eigenvalue weighted by atomic mass is 79.9. The minimum Gasteiger partial charge on any atom is -0.497 e. The standard InChI is InChI=1S/C23H21BrN2O4/c1-14-5-4-6-15(9-14)19-13-20(16-10-17(28-2)12-18(11-16)29-3)26(25-19)23(27)21-7-8-22(24)30-21/h4-12,20H,13H2,1-3H3. The fraction of sp³-hybridized carbons (Fsp3) is 0.217. The number of hydrogen-bond donors (Lipinski definition) is 0. The molecule has 0 radical (unpaired) electrons. The molecule has 1 unspecified atom stereocenters. The van der Waals surface area contributed by atoms with Gasteiger partial charge in [-0.15, -0.1) is 0 Å². The van der Waals surface area contributed by atoms with Crippen molar-refractivity contribution >= 4 is 27.5 Å². The van der Waals surface area contributed by atoms with E-state index in [1.54, 1.807) is 32.4 Å². The molecule has 1 amide bonds. The van der Waals surface area contributed by atoms with Gasteiger partial charge in [-0.3, -0.25) is 4.79 Å². The molecule has 30 heavy (non-hydrogen) atoms. The van der Waals surface area contributed by atoms with E-state index in [9.17, 15) is 4.79 Å². The Kier molecular flexibility index (Phi) is 5.63. The van der Waals surface area contributed by atoms with Gasteiger partial charge in [0, 0.05) is 12.5 Å². The number of carbonyl (C=O) groups excluding carboxylic acids is 1. The van der Waals surface area contributed by atoms with Gasteiger partial charge in [0.1, 0.15) is 11.5 Å². The predicted octanol–water partition coefficient (Wildman–Crippen LogP) is 5.36. The summed E-state index contributed by atoms with van der Waals surface area (Å²) in [6, 6.07) is 16.7. The lowest BCUT2D eigenvalue weighted by Gasteiger charge is -2.22. The van der Waals surface area contributed by atoms with Crippen LogP contribution in [0, 0.1) is 6.92 Å². The summed E-state index contributed by atoms with van der Waals surface area (Å²) in [4.78, 5) is 13.2. The summed E-state index contributed by atoms with van der Waals surface area (Å²) in [6.45, 7) is 2.03. The Morgan fingerprint density at radius 1 is 1.10 bits per heavy atom. The average Bonchev–Trinajstić information content (AvgIpc) is 3.39. The van der Waals surface area contributed by atoms with E-state index in [2.05, 4.69) is 22.0 Å². The molecule has 3 aromatic rings. The second kappa shape index (κ2) is 8.36. The van der Waals surface area contributed by atoms with E-state index >= 15 is 0 Å². The number of furan rings is 1. The number of rotatable bonds is 5. The quantitative estimate of drug-likeness (QED) is 0.505. The van der Waals surface area contributed by atoms with Crippen molar-refractivity contribution in [3.8, 4) is 11.5 Å². The van der Waals surface area contributed by atoms with Crippen LogP contribution in [-0.2, 0) is 0 Å². The molecule has 0 aliphatic carbocycles. The molecule has 0 fully saturated rings. The minimum absolute atomic E-state index is 0.218. The van der Waals surface area contributed by atoms with Gasteiger partial charge < -0.3 is 13.9 Å². The van der Waals surface area contributed by atoms with Crippen molar-refractivity contribution in [3.05, 3.63) is 81.7 Å². The molecule has 154 valence electrons. The topological polar surface area (TPSA) is 64.3 Å². The maximum Gasteiger partial charge on any atom is 0.310 e. The number of methoxy groups -OCH3 is 2. The predicted molar refractivity (Wildman–Crippen MR) is 117 cm³/mol. The van der Waals surface area contributed by atoms with Crippen LogP contribution in [0.15, 0.2) is 68.8 Å².